The molecule has 0 bridgehead atoms. The van der Waals surface area contributed by atoms with Gasteiger partial charge in [-0.05, 0) is 52.2 Å². The molecule has 0 aliphatic heterocycles. The molecule has 0 radical (unpaired) electrons. The van der Waals surface area contributed by atoms with Gasteiger partial charge in [-0.3, -0.25) is 9.78 Å². The van der Waals surface area contributed by atoms with Crippen molar-refractivity contribution in [2.24, 2.45) is 10.9 Å². The average Bonchev–Trinajstić information content (AvgIpc) is 2.66. The third kappa shape index (κ3) is 7.85. The number of carbonyl (C=O) groups is 1. The SMILES string of the molecule is CCNC(=NCCOc1cccnc1)NC1CCCC(C(=O)NC(C)C)C1. The van der Waals surface area contributed by atoms with E-state index in [-0.39, 0.29) is 23.9 Å². The monoisotopic (exact) mass is 375 g/mol. The van der Waals surface area contributed by atoms with E-state index in [4.69, 9.17) is 4.74 Å². The molecular weight excluding hydrogens is 342 g/mol. The molecule has 1 saturated carbocycles. The highest BCUT2D eigenvalue weighted by atomic mass is 16.5. The number of nitrogens with one attached hydrogen (secondary N) is 3. The first-order valence-corrected chi connectivity index (χ1v) is 9.96. The standard InChI is InChI=1S/C20H33N5O2/c1-4-22-20(23-11-12-27-18-9-6-10-21-14-18)25-17-8-5-7-16(13-17)19(26)24-15(2)3/h6,9-10,14-17H,4-5,7-8,11-13H2,1-3H3,(H,24,26)(H2,22,23,25). The van der Waals surface area contributed by atoms with Crippen molar-refractivity contribution in [1.82, 2.24) is 20.9 Å². The Morgan fingerprint density at radius 3 is 2.96 bits per heavy atom. The van der Waals surface area contributed by atoms with Crippen LogP contribution in [0.4, 0.5) is 0 Å². The largest absolute Gasteiger partial charge is 0.490 e. The van der Waals surface area contributed by atoms with E-state index in [1.54, 1.807) is 12.4 Å². The molecule has 3 N–H and O–H groups in total. The van der Waals surface area contributed by atoms with Gasteiger partial charge in [0.2, 0.25) is 5.91 Å². The van der Waals surface area contributed by atoms with Crippen LogP contribution in [-0.4, -0.2) is 48.6 Å². The molecule has 1 aromatic heterocycles. The predicted octanol–water partition coefficient (Wildman–Crippen LogP) is 2.10. The van der Waals surface area contributed by atoms with Crippen LogP contribution in [0.5, 0.6) is 5.75 Å². The third-order valence-corrected chi connectivity index (χ3v) is 4.43. The van der Waals surface area contributed by atoms with Crippen LogP contribution in [0, 0.1) is 5.92 Å². The number of ether oxygens (including phenoxy) is 1. The Morgan fingerprint density at radius 1 is 1.41 bits per heavy atom. The van der Waals surface area contributed by atoms with Gasteiger partial charge in [-0.25, -0.2) is 4.99 Å². The van der Waals surface area contributed by atoms with Crippen LogP contribution in [0.1, 0.15) is 46.5 Å². The molecule has 150 valence electrons. The van der Waals surface area contributed by atoms with Crippen LogP contribution >= 0.6 is 0 Å². The van der Waals surface area contributed by atoms with Gasteiger partial charge >= 0.3 is 0 Å². The second kappa shape index (κ2) is 11.4. The lowest BCUT2D eigenvalue weighted by Gasteiger charge is -2.30. The molecule has 1 aromatic rings. The molecule has 1 heterocycles. The number of aliphatic imine (C=N–C) groups is 1. The summed E-state index contributed by atoms with van der Waals surface area (Å²) in [7, 11) is 0. The Morgan fingerprint density at radius 2 is 2.26 bits per heavy atom. The van der Waals surface area contributed by atoms with Gasteiger partial charge in [0.25, 0.3) is 0 Å². The number of carbonyl (C=O) groups excluding carboxylic acids is 1. The first-order chi connectivity index (χ1) is 13.1. The molecule has 1 aliphatic rings. The number of aromatic nitrogens is 1. The molecule has 2 atom stereocenters. The topological polar surface area (TPSA) is 87.6 Å². The van der Waals surface area contributed by atoms with E-state index in [2.05, 4.69) is 25.9 Å². The molecular formula is C20H33N5O2. The summed E-state index contributed by atoms with van der Waals surface area (Å²) in [6.45, 7) is 7.88. The minimum absolute atomic E-state index is 0.0791. The lowest BCUT2D eigenvalue weighted by molar-refractivity contribution is -0.126. The molecule has 0 aromatic carbocycles. The van der Waals surface area contributed by atoms with E-state index in [1.807, 2.05) is 32.9 Å². The van der Waals surface area contributed by atoms with Gasteiger partial charge in [0.15, 0.2) is 5.96 Å². The Labute approximate surface area is 162 Å². The normalized spacial score (nSPS) is 20.2. The maximum atomic E-state index is 12.3. The highest BCUT2D eigenvalue weighted by Crippen LogP contribution is 2.24. The zero-order valence-electron chi connectivity index (χ0n) is 16.7. The summed E-state index contributed by atoms with van der Waals surface area (Å²) in [5.41, 5.74) is 0. The van der Waals surface area contributed by atoms with E-state index in [1.165, 1.54) is 0 Å². The first kappa shape index (κ1) is 21.0. The predicted molar refractivity (Wildman–Crippen MR) is 108 cm³/mol. The van der Waals surface area contributed by atoms with Gasteiger partial charge in [0.1, 0.15) is 12.4 Å². The molecule has 2 rings (SSSR count). The van der Waals surface area contributed by atoms with Crippen LogP contribution < -0.4 is 20.7 Å². The molecule has 1 aliphatic carbocycles. The van der Waals surface area contributed by atoms with E-state index in [0.29, 0.717) is 13.2 Å². The number of nitrogens with zero attached hydrogens (tertiary/aromatic N) is 2. The second-order valence-electron chi connectivity index (χ2n) is 7.17. The van der Waals surface area contributed by atoms with Crippen molar-refractivity contribution < 1.29 is 9.53 Å². The molecule has 1 amide bonds. The summed E-state index contributed by atoms with van der Waals surface area (Å²) in [6, 6.07) is 4.17. The summed E-state index contributed by atoms with van der Waals surface area (Å²) in [6.07, 6.45) is 7.33. The highest BCUT2D eigenvalue weighted by Gasteiger charge is 2.27. The number of hydrogen-bond donors (Lipinski definition) is 3. The molecule has 27 heavy (non-hydrogen) atoms. The van der Waals surface area contributed by atoms with E-state index in [9.17, 15) is 4.79 Å². The van der Waals surface area contributed by atoms with Crippen molar-refractivity contribution in [3.8, 4) is 5.75 Å². The van der Waals surface area contributed by atoms with Gasteiger partial charge in [0.05, 0.1) is 12.7 Å². The number of hydrogen-bond acceptors (Lipinski definition) is 4. The molecule has 1 fully saturated rings. The number of guanidine groups is 1. The van der Waals surface area contributed by atoms with Crippen LogP contribution in [0.3, 0.4) is 0 Å². The number of pyridine rings is 1. The maximum absolute atomic E-state index is 12.3. The van der Waals surface area contributed by atoms with Crippen molar-refractivity contribution in [1.29, 1.82) is 0 Å². The second-order valence-corrected chi connectivity index (χ2v) is 7.17. The van der Waals surface area contributed by atoms with Crippen molar-refractivity contribution in [2.75, 3.05) is 19.7 Å². The lowest BCUT2D eigenvalue weighted by Crippen LogP contribution is -2.47. The summed E-state index contributed by atoms with van der Waals surface area (Å²) >= 11 is 0. The summed E-state index contributed by atoms with van der Waals surface area (Å²) in [5, 5.41) is 9.79. The van der Waals surface area contributed by atoms with E-state index >= 15 is 0 Å². The van der Waals surface area contributed by atoms with Gasteiger partial charge in [-0.2, -0.15) is 0 Å². The van der Waals surface area contributed by atoms with Crippen LogP contribution in [-0.2, 0) is 4.79 Å². The van der Waals surface area contributed by atoms with Gasteiger partial charge in [0, 0.05) is 30.7 Å². The Kier molecular flexibility index (Phi) is 8.87. The van der Waals surface area contributed by atoms with Gasteiger partial charge < -0.3 is 20.7 Å². The molecule has 7 nitrogen and oxygen atoms in total. The molecule has 0 saturated heterocycles. The fourth-order valence-electron chi connectivity index (χ4n) is 3.23. The summed E-state index contributed by atoms with van der Waals surface area (Å²) in [5.74, 6) is 1.78. The van der Waals surface area contributed by atoms with E-state index in [0.717, 1.165) is 43.9 Å². The average molecular weight is 376 g/mol. The zero-order chi connectivity index (χ0) is 19.5. The van der Waals surface area contributed by atoms with Crippen molar-refractivity contribution in [3.05, 3.63) is 24.5 Å². The summed E-state index contributed by atoms with van der Waals surface area (Å²) < 4.78 is 5.63. The van der Waals surface area contributed by atoms with Crippen LogP contribution in [0.15, 0.2) is 29.5 Å². The van der Waals surface area contributed by atoms with Crippen molar-refractivity contribution in [2.45, 2.75) is 58.5 Å². The van der Waals surface area contributed by atoms with E-state index < -0.39 is 0 Å². The number of rotatable bonds is 8. The van der Waals surface area contributed by atoms with Gasteiger partial charge in [-0.1, -0.05) is 6.42 Å². The minimum Gasteiger partial charge on any atom is -0.490 e. The lowest BCUT2D eigenvalue weighted by atomic mass is 9.85. The highest BCUT2D eigenvalue weighted by molar-refractivity contribution is 5.81. The fraction of sp³-hybridized carbons (Fsp3) is 0.650. The molecule has 0 spiro atoms. The Hall–Kier alpha value is -2.31. The third-order valence-electron chi connectivity index (χ3n) is 4.43. The smallest absolute Gasteiger partial charge is 0.223 e. The quantitative estimate of drug-likeness (QED) is 0.368. The summed E-state index contributed by atoms with van der Waals surface area (Å²) in [4.78, 5) is 20.9. The molecule has 2 unspecified atom stereocenters. The first-order valence-electron chi connectivity index (χ1n) is 9.96. The minimum atomic E-state index is 0.0791. The number of amides is 1. The zero-order valence-corrected chi connectivity index (χ0v) is 16.7. The van der Waals surface area contributed by atoms with Crippen molar-refractivity contribution >= 4 is 11.9 Å². The Bertz CT molecular complexity index is 591. The van der Waals surface area contributed by atoms with Gasteiger partial charge in [-0.15, -0.1) is 0 Å². The van der Waals surface area contributed by atoms with Crippen molar-refractivity contribution in [3.63, 3.8) is 0 Å². The maximum Gasteiger partial charge on any atom is 0.223 e. The van der Waals surface area contributed by atoms with Crippen LogP contribution in [0.25, 0.3) is 0 Å². The van der Waals surface area contributed by atoms with Crippen LogP contribution in [0.2, 0.25) is 0 Å². The fourth-order valence-corrected chi connectivity index (χ4v) is 3.23. The molecule has 7 heteroatoms. The Balaban J connectivity index is 1.82.